The molecule has 0 aliphatic carbocycles. The van der Waals surface area contributed by atoms with Crippen LogP contribution in [-0.2, 0) is 6.73 Å². The Balaban J connectivity index is 1.64. The number of aryl methyl sites for hydroxylation is 2. The van der Waals surface area contributed by atoms with E-state index in [0.717, 1.165) is 17.2 Å². The van der Waals surface area contributed by atoms with E-state index in [1.807, 2.05) is 32.0 Å². The Hall–Kier alpha value is -3.88. The predicted octanol–water partition coefficient (Wildman–Crippen LogP) is 3.40. The third-order valence-corrected chi connectivity index (χ3v) is 3.87. The van der Waals surface area contributed by atoms with E-state index in [4.69, 9.17) is 4.74 Å². The van der Waals surface area contributed by atoms with Crippen LogP contribution in [0, 0.1) is 24.0 Å². The molecule has 0 spiro atoms. The Morgan fingerprint density at radius 3 is 2.57 bits per heavy atom. The fraction of sp³-hybridized carbons (Fsp3) is 0.158. The van der Waals surface area contributed by atoms with Crippen molar-refractivity contribution < 1.29 is 19.6 Å². The smallest absolute Gasteiger partial charge is 0.276 e. The van der Waals surface area contributed by atoms with Crippen molar-refractivity contribution in [2.45, 2.75) is 20.6 Å². The lowest BCUT2D eigenvalue weighted by Gasteiger charge is -2.08. The maximum atomic E-state index is 12.3. The summed E-state index contributed by atoms with van der Waals surface area (Å²) in [7, 11) is 0. The third-order valence-electron chi connectivity index (χ3n) is 3.87. The van der Waals surface area contributed by atoms with Gasteiger partial charge in [-0.05, 0) is 49.2 Å². The largest absolute Gasteiger partial charge is 0.506 e. The lowest BCUT2D eigenvalue weighted by Crippen LogP contribution is -2.14. The van der Waals surface area contributed by atoms with Crippen molar-refractivity contribution in [3.8, 4) is 11.5 Å². The standard InChI is InChI=1S/C19H18N4O5/c1-12-7-13(2)9-15(8-12)28-11-22-6-5-17(21-22)19(25)20-16-4-3-14(23(26)27)10-18(16)24/h3-10,24H,11H2,1-2H3,(H,20,25). The average molecular weight is 382 g/mol. The number of nitrogens with one attached hydrogen (secondary N) is 1. The number of nitro benzene ring substituents is 1. The number of hydrogen-bond donors (Lipinski definition) is 2. The van der Waals surface area contributed by atoms with E-state index in [2.05, 4.69) is 10.4 Å². The van der Waals surface area contributed by atoms with Crippen LogP contribution in [0.3, 0.4) is 0 Å². The molecule has 0 fully saturated rings. The summed E-state index contributed by atoms with van der Waals surface area (Å²) in [6, 6.07) is 10.8. The van der Waals surface area contributed by atoms with Crippen molar-refractivity contribution in [2.75, 3.05) is 5.32 Å². The van der Waals surface area contributed by atoms with Crippen molar-refractivity contribution >= 4 is 17.3 Å². The Morgan fingerprint density at radius 2 is 1.93 bits per heavy atom. The Kier molecular flexibility index (Phi) is 5.25. The number of nitrogens with zero attached hydrogens (tertiary/aromatic N) is 3. The highest BCUT2D eigenvalue weighted by molar-refractivity contribution is 6.03. The van der Waals surface area contributed by atoms with Crippen LogP contribution in [0.25, 0.3) is 0 Å². The van der Waals surface area contributed by atoms with Crippen LogP contribution in [0.2, 0.25) is 0 Å². The molecule has 1 aromatic heterocycles. The maximum Gasteiger partial charge on any atom is 0.276 e. The van der Waals surface area contributed by atoms with Crippen molar-refractivity contribution in [3.63, 3.8) is 0 Å². The lowest BCUT2D eigenvalue weighted by atomic mass is 10.1. The summed E-state index contributed by atoms with van der Waals surface area (Å²) in [6.07, 6.45) is 1.59. The molecule has 0 aliphatic heterocycles. The molecule has 2 N–H and O–H groups in total. The molecule has 1 heterocycles. The van der Waals surface area contributed by atoms with Gasteiger partial charge in [0.25, 0.3) is 11.6 Å². The molecule has 0 bridgehead atoms. The number of anilines is 1. The number of aromatic hydroxyl groups is 1. The minimum Gasteiger partial charge on any atom is -0.506 e. The van der Waals surface area contributed by atoms with Gasteiger partial charge in [0.15, 0.2) is 12.4 Å². The minimum absolute atomic E-state index is 0.0524. The summed E-state index contributed by atoms with van der Waals surface area (Å²) in [5.74, 6) is -0.260. The van der Waals surface area contributed by atoms with Gasteiger partial charge in [0.2, 0.25) is 0 Å². The van der Waals surface area contributed by atoms with Crippen LogP contribution in [-0.4, -0.2) is 25.7 Å². The molecule has 0 unspecified atom stereocenters. The first-order valence-corrected chi connectivity index (χ1v) is 8.35. The SMILES string of the molecule is Cc1cc(C)cc(OCn2ccc(C(=O)Nc3ccc([N+](=O)[O-])cc3O)n2)c1. The molecular weight excluding hydrogens is 364 g/mol. The fourth-order valence-corrected chi connectivity index (χ4v) is 2.64. The number of hydrogen-bond acceptors (Lipinski definition) is 6. The second-order valence-electron chi connectivity index (χ2n) is 6.25. The molecule has 3 aromatic rings. The van der Waals surface area contributed by atoms with Gasteiger partial charge < -0.3 is 15.2 Å². The molecule has 0 saturated carbocycles. The summed E-state index contributed by atoms with van der Waals surface area (Å²) < 4.78 is 7.15. The van der Waals surface area contributed by atoms with E-state index >= 15 is 0 Å². The van der Waals surface area contributed by atoms with Gasteiger partial charge in [-0.3, -0.25) is 14.9 Å². The predicted molar refractivity (Wildman–Crippen MR) is 101 cm³/mol. The van der Waals surface area contributed by atoms with Crippen LogP contribution in [0.1, 0.15) is 21.6 Å². The quantitative estimate of drug-likeness (QED) is 0.383. The Bertz CT molecular complexity index is 1020. The molecule has 1 amide bonds. The van der Waals surface area contributed by atoms with Crippen LogP contribution in [0.5, 0.6) is 11.5 Å². The summed E-state index contributed by atoms with van der Waals surface area (Å²) >= 11 is 0. The number of ether oxygens (including phenoxy) is 1. The number of aromatic nitrogens is 2. The molecule has 9 heteroatoms. The molecular formula is C19H18N4O5. The van der Waals surface area contributed by atoms with Gasteiger partial charge in [0.05, 0.1) is 16.7 Å². The van der Waals surface area contributed by atoms with Crippen LogP contribution < -0.4 is 10.1 Å². The first-order valence-electron chi connectivity index (χ1n) is 8.35. The average Bonchev–Trinajstić information content (AvgIpc) is 3.10. The van der Waals surface area contributed by atoms with Gasteiger partial charge in [-0.2, -0.15) is 5.10 Å². The van der Waals surface area contributed by atoms with Gasteiger partial charge in [0, 0.05) is 12.3 Å². The van der Waals surface area contributed by atoms with Crippen molar-refractivity contribution in [1.82, 2.24) is 9.78 Å². The van der Waals surface area contributed by atoms with Crippen LogP contribution >= 0.6 is 0 Å². The number of carbonyl (C=O) groups is 1. The molecule has 2 aromatic carbocycles. The Labute approximate surface area is 160 Å². The number of nitro groups is 1. The monoisotopic (exact) mass is 382 g/mol. The number of amides is 1. The molecule has 9 nitrogen and oxygen atoms in total. The summed E-state index contributed by atoms with van der Waals surface area (Å²) in [5.41, 5.74) is 2.05. The van der Waals surface area contributed by atoms with E-state index in [-0.39, 0.29) is 23.8 Å². The maximum absolute atomic E-state index is 12.3. The number of phenolic OH excluding ortho intramolecular Hbond substituents is 1. The zero-order valence-corrected chi connectivity index (χ0v) is 15.2. The minimum atomic E-state index is -0.636. The van der Waals surface area contributed by atoms with Gasteiger partial charge >= 0.3 is 0 Å². The van der Waals surface area contributed by atoms with Crippen molar-refractivity contribution in [2.24, 2.45) is 0 Å². The second kappa shape index (κ2) is 7.78. The van der Waals surface area contributed by atoms with Crippen LogP contribution in [0.15, 0.2) is 48.7 Å². The van der Waals surface area contributed by atoms with Crippen LogP contribution in [0.4, 0.5) is 11.4 Å². The van der Waals surface area contributed by atoms with Gasteiger partial charge in [-0.25, -0.2) is 4.68 Å². The van der Waals surface area contributed by atoms with E-state index in [1.165, 1.54) is 22.9 Å². The lowest BCUT2D eigenvalue weighted by molar-refractivity contribution is -0.384. The van der Waals surface area contributed by atoms with E-state index < -0.39 is 16.6 Å². The number of non-ortho nitro benzene ring substituents is 1. The number of rotatable bonds is 6. The second-order valence-corrected chi connectivity index (χ2v) is 6.25. The molecule has 28 heavy (non-hydrogen) atoms. The van der Waals surface area contributed by atoms with Gasteiger partial charge in [-0.15, -0.1) is 0 Å². The number of phenols is 1. The highest BCUT2D eigenvalue weighted by Crippen LogP contribution is 2.28. The number of benzene rings is 2. The zero-order valence-electron chi connectivity index (χ0n) is 15.2. The summed E-state index contributed by atoms with van der Waals surface area (Å²) in [4.78, 5) is 22.3. The third kappa shape index (κ3) is 4.44. The van der Waals surface area contributed by atoms with E-state index in [0.29, 0.717) is 5.75 Å². The molecule has 0 saturated heterocycles. The topological polar surface area (TPSA) is 120 Å². The summed E-state index contributed by atoms with van der Waals surface area (Å²) in [6.45, 7) is 4.08. The van der Waals surface area contributed by atoms with Gasteiger partial charge in [0.1, 0.15) is 11.5 Å². The molecule has 0 aliphatic rings. The fourth-order valence-electron chi connectivity index (χ4n) is 2.64. The van der Waals surface area contributed by atoms with E-state index in [9.17, 15) is 20.0 Å². The molecule has 0 atom stereocenters. The normalized spacial score (nSPS) is 10.5. The highest BCUT2D eigenvalue weighted by atomic mass is 16.6. The zero-order chi connectivity index (χ0) is 20.3. The van der Waals surface area contributed by atoms with Gasteiger partial charge in [-0.1, -0.05) is 6.07 Å². The molecule has 144 valence electrons. The van der Waals surface area contributed by atoms with E-state index in [1.54, 1.807) is 6.20 Å². The molecule has 3 rings (SSSR count). The van der Waals surface area contributed by atoms with Crippen molar-refractivity contribution in [1.29, 1.82) is 0 Å². The first kappa shape index (κ1) is 18.9. The van der Waals surface area contributed by atoms with Crippen molar-refractivity contribution in [3.05, 3.63) is 75.6 Å². The highest BCUT2D eigenvalue weighted by Gasteiger charge is 2.15. The molecule has 0 radical (unpaired) electrons. The number of carbonyl (C=O) groups excluding carboxylic acids is 1. The summed E-state index contributed by atoms with van der Waals surface area (Å²) in [5, 5.41) is 27.1. The first-order chi connectivity index (χ1) is 13.3. The Morgan fingerprint density at radius 1 is 1.21 bits per heavy atom.